The lowest BCUT2D eigenvalue weighted by atomic mass is 10.1. The van der Waals surface area contributed by atoms with Crippen LogP contribution in [0, 0.1) is 0 Å². The smallest absolute Gasteiger partial charge is 0.271 e. The Morgan fingerprint density at radius 3 is 2.77 bits per heavy atom. The summed E-state index contributed by atoms with van der Waals surface area (Å²) in [4.78, 5) is 24.6. The Morgan fingerprint density at radius 1 is 1.31 bits per heavy atom. The number of hydrogen-bond donors (Lipinski definition) is 2. The van der Waals surface area contributed by atoms with Gasteiger partial charge in [0.25, 0.3) is 11.8 Å². The van der Waals surface area contributed by atoms with Gasteiger partial charge in [0.05, 0.1) is 24.8 Å². The number of benzene rings is 1. The fraction of sp³-hybridized carbons (Fsp3) is 0.421. The first-order valence-electron chi connectivity index (χ1n) is 8.88. The molecule has 26 heavy (non-hydrogen) atoms. The van der Waals surface area contributed by atoms with E-state index in [1.54, 1.807) is 22.9 Å². The monoisotopic (exact) mass is 356 g/mol. The standard InChI is InChI=1S/C19H24N4O3/c1-4-26-17-8-6-5-7-15(17)18(24)21-13-9-14-10-16(22-23(14)11-13)19(25)20-12(2)3/h5-8,10,12-13H,4,9,11H2,1-3H3,(H,20,25)(H,21,24)/t13-/m0/s1. The van der Waals surface area contributed by atoms with E-state index < -0.39 is 0 Å². The molecule has 2 N–H and O–H groups in total. The van der Waals surface area contributed by atoms with Gasteiger partial charge in [-0.05, 0) is 39.0 Å². The molecule has 1 aromatic carbocycles. The zero-order valence-corrected chi connectivity index (χ0v) is 15.3. The van der Waals surface area contributed by atoms with E-state index in [-0.39, 0.29) is 23.9 Å². The van der Waals surface area contributed by atoms with Crippen LogP contribution in [-0.2, 0) is 13.0 Å². The quantitative estimate of drug-likeness (QED) is 0.826. The van der Waals surface area contributed by atoms with Crippen LogP contribution in [0.4, 0.5) is 0 Å². The van der Waals surface area contributed by atoms with Crippen LogP contribution >= 0.6 is 0 Å². The molecule has 1 atom stereocenters. The predicted molar refractivity (Wildman–Crippen MR) is 97.4 cm³/mol. The van der Waals surface area contributed by atoms with Crippen molar-refractivity contribution >= 4 is 11.8 Å². The second-order valence-corrected chi connectivity index (χ2v) is 6.63. The average Bonchev–Trinajstić information content (AvgIpc) is 3.13. The van der Waals surface area contributed by atoms with Crippen LogP contribution in [-0.4, -0.2) is 40.3 Å². The molecule has 0 fully saturated rings. The fourth-order valence-corrected chi connectivity index (χ4v) is 3.05. The van der Waals surface area contributed by atoms with E-state index >= 15 is 0 Å². The van der Waals surface area contributed by atoms with E-state index in [9.17, 15) is 9.59 Å². The lowest BCUT2D eigenvalue weighted by Crippen LogP contribution is -2.36. The van der Waals surface area contributed by atoms with Crippen LogP contribution in [0.3, 0.4) is 0 Å². The van der Waals surface area contributed by atoms with Gasteiger partial charge in [-0.1, -0.05) is 12.1 Å². The molecule has 2 aromatic rings. The molecular formula is C19H24N4O3. The highest BCUT2D eigenvalue weighted by atomic mass is 16.5. The number of carbonyl (C=O) groups is 2. The van der Waals surface area contributed by atoms with Gasteiger partial charge in [-0.3, -0.25) is 14.3 Å². The summed E-state index contributed by atoms with van der Waals surface area (Å²) in [6, 6.07) is 9.00. The van der Waals surface area contributed by atoms with Crippen LogP contribution in [0.1, 0.15) is 47.3 Å². The molecule has 1 aromatic heterocycles. The molecule has 1 aliphatic rings. The van der Waals surface area contributed by atoms with Gasteiger partial charge >= 0.3 is 0 Å². The number of nitrogens with zero attached hydrogens (tertiary/aromatic N) is 2. The number of nitrogens with one attached hydrogen (secondary N) is 2. The molecule has 1 aliphatic heterocycles. The van der Waals surface area contributed by atoms with Gasteiger partial charge < -0.3 is 15.4 Å². The summed E-state index contributed by atoms with van der Waals surface area (Å²) in [6.07, 6.45) is 0.643. The van der Waals surface area contributed by atoms with E-state index in [4.69, 9.17) is 4.74 Å². The van der Waals surface area contributed by atoms with E-state index in [1.165, 1.54) is 0 Å². The average molecular weight is 356 g/mol. The number of fused-ring (bicyclic) bond motifs is 1. The Balaban J connectivity index is 1.63. The first-order chi connectivity index (χ1) is 12.5. The second-order valence-electron chi connectivity index (χ2n) is 6.63. The Bertz CT molecular complexity index is 789. The van der Waals surface area contributed by atoms with Crippen molar-refractivity contribution < 1.29 is 14.3 Å². The number of aromatic nitrogens is 2. The van der Waals surface area contributed by atoms with E-state index in [0.29, 0.717) is 36.6 Å². The fourth-order valence-electron chi connectivity index (χ4n) is 3.05. The second kappa shape index (κ2) is 7.59. The van der Waals surface area contributed by atoms with Crippen molar-refractivity contribution in [1.82, 2.24) is 20.4 Å². The molecule has 138 valence electrons. The number of para-hydroxylation sites is 1. The molecule has 2 amide bonds. The van der Waals surface area contributed by atoms with Gasteiger partial charge in [-0.2, -0.15) is 5.10 Å². The minimum Gasteiger partial charge on any atom is -0.493 e. The zero-order chi connectivity index (χ0) is 18.7. The number of rotatable bonds is 6. The molecule has 0 saturated carbocycles. The van der Waals surface area contributed by atoms with Crippen LogP contribution < -0.4 is 15.4 Å². The predicted octanol–water partition coefficient (Wildman–Crippen LogP) is 1.77. The molecule has 0 bridgehead atoms. The van der Waals surface area contributed by atoms with Crippen LogP contribution in [0.2, 0.25) is 0 Å². The van der Waals surface area contributed by atoms with Crippen molar-refractivity contribution in [2.24, 2.45) is 0 Å². The molecule has 0 unspecified atom stereocenters. The lowest BCUT2D eigenvalue weighted by Gasteiger charge is -2.14. The summed E-state index contributed by atoms with van der Waals surface area (Å²) in [5.41, 5.74) is 1.89. The highest BCUT2D eigenvalue weighted by molar-refractivity contribution is 5.97. The van der Waals surface area contributed by atoms with Crippen molar-refractivity contribution in [3.63, 3.8) is 0 Å². The molecule has 2 heterocycles. The van der Waals surface area contributed by atoms with Gasteiger partial charge in [0.1, 0.15) is 11.4 Å². The third-order valence-corrected chi connectivity index (χ3v) is 4.13. The summed E-state index contributed by atoms with van der Waals surface area (Å²) in [5, 5.41) is 10.2. The Morgan fingerprint density at radius 2 is 2.08 bits per heavy atom. The van der Waals surface area contributed by atoms with Gasteiger partial charge in [0.2, 0.25) is 0 Å². The summed E-state index contributed by atoms with van der Waals surface area (Å²) >= 11 is 0. The maximum Gasteiger partial charge on any atom is 0.271 e. The maximum atomic E-state index is 12.6. The highest BCUT2D eigenvalue weighted by Gasteiger charge is 2.27. The first kappa shape index (κ1) is 18.0. The third-order valence-electron chi connectivity index (χ3n) is 4.13. The highest BCUT2D eigenvalue weighted by Crippen LogP contribution is 2.20. The Hall–Kier alpha value is -2.83. The molecule has 0 spiro atoms. The van der Waals surface area contributed by atoms with Crippen LogP contribution in [0.15, 0.2) is 30.3 Å². The molecular weight excluding hydrogens is 332 g/mol. The van der Waals surface area contributed by atoms with Crippen LogP contribution in [0.5, 0.6) is 5.75 Å². The largest absolute Gasteiger partial charge is 0.493 e. The van der Waals surface area contributed by atoms with Gasteiger partial charge in [0, 0.05) is 18.2 Å². The topological polar surface area (TPSA) is 85.2 Å². The van der Waals surface area contributed by atoms with Gasteiger partial charge in [-0.15, -0.1) is 0 Å². The number of carbonyl (C=O) groups excluding carboxylic acids is 2. The maximum absolute atomic E-state index is 12.6. The van der Waals surface area contributed by atoms with Crippen molar-refractivity contribution in [2.75, 3.05) is 6.61 Å². The number of ether oxygens (including phenoxy) is 1. The van der Waals surface area contributed by atoms with Crippen molar-refractivity contribution in [1.29, 1.82) is 0 Å². The van der Waals surface area contributed by atoms with E-state index in [1.807, 2.05) is 32.9 Å². The molecule has 0 aliphatic carbocycles. The number of amides is 2. The lowest BCUT2D eigenvalue weighted by molar-refractivity contribution is 0.0921. The molecule has 3 rings (SSSR count). The van der Waals surface area contributed by atoms with Gasteiger partial charge in [0.15, 0.2) is 0 Å². The van der Waals surface area contributed by atoms with E-state index in [0.717, 1.165) is 5.69 Å². The molecule has 0 radical (unpaired) electrons. The molecule has 0 saturated heterocycles. The first-order valence-corrected chi connectivity index (χ1v) is 8.88. The summed E-state index contributed by atoms with van der Waals surface area (Å²) in [7, 11) is 0. The summed E-state index contributed by atoms with van der Waals surface area (Å²) in [6.45, 7) is 6.76. The SMILES string of the molecule is CCOc1ccccc1C(=O)N[C@H]1Cc2cc(C(=O)NC(C)C)nn2C1. The van der Waals surface area contributed by atoms with E-state index in [2.05, 4.69) is 15.7 Å². The normalized spacial score (nSPS) is 15.6. The molecule has 7 nitrogen and oxygen atoms in total. The Kier molecular flexibility index (Phi) is 5.25. The zero-order valence-electron chi connectivity index (χ0n) is 15.3. The minimum atomic E-state index is -0.173. The van der Waals surface area contributed by atoms with Crippen molar-refractivity contribution in [2.45, 2.75) is 45.8 Å². The van der Waals surface area contributed by atoms with Gasteiger partial charge in [-0.25, -0.2) is 0 Å². The van der Waals surface area contributed by atoms with Crippen molar-refractivity contribution in [3.05, 3.63) is 47.3 Å². The van der Waals surface area contributed by atoms with Crippen molar-refractivity contribution in [3.8, 4) is 5.75 Å². The Labute approximate surface area is 152 Å². The molecule has 7 heteroatoms. The van der Waals surface area contributed by atoms with Crippen LogP contribution in [0.25, 0.3) is 0 Å². The minimum absolute atomic E-state index is 0.0538. The summed E-state index contributed by atoms with van der Waals surface area (Å²) in [5.74, 6) is 0.242. The third kappa shape index (κ3) is 3.87. The summed E-state index contributed by atoms with van der Waals surface area (Å²) < 4.78 is 7.31. The number of hydrogen-bond acceptors (Lipinski definition) is 4.